The molecule has 0 bridgehead atoms. The van der Waals surface area contributed by atoms with Crippen molar-refractivity contribution in [3.8, 4) is 22.9 Å². The van der Waals surface area contributed by atoms with Crippen LogP contribution in [0.5, 0.6) is 11.5 Å². The van der Waals surface area contributed by atoms with Gasteiger partial charge in [0.1, 0.15) is 19.0 Å². The van der Waals surface area contributed by atoms with Crippen molar-refractivity contribution >= 4 is 58.0 Å². The molecule has 8 heteroatoms. The number of benzene rings is 3. The summed E-state index contributed by atoms with van der Waals surface area (Å²) in [6.07, 6.45) is 0. The summed E-state index contributed by atoms with van der Waals surface area (Å²) in [5, 5.41) is 5.34. The van der Waals surface area contributed by atoms with Gasteiger partial charge in [-0.15, -0.1) is 12.4 Å². The maximum absolute atomic E-state index is 6.39. The molecule has 0 saturated carbocycles. The van der Waals surface area contributed by atoms with Gasteiger partial charge in [-0.05, 0) is 42.5 Å². The average molecular weight is 461 g/mol. The minimum absolute atomic E-state index is 0. The summed E-state index contributed by atoms with van der Waals surface area (Å²) in [5.74, 6) is 2.64. The number of aromatic nitrogens is 2. The zero-order chi connectivity index (χ0) is 19.8. The third-order valence-corrected chi connectivity index (χ3v) is 5.13. The van der Waals surface area contributed by atoms with Crippen molar-refractivity contribution in [2.75, 3.05) is 18.5 Å². The summed E-state index contributed by atoms with van der Waals surface area (Å²) in [6.45, 7) is 1.09. The van der Waals surface area contributed by atoms with Gasteiger partial charge in [0.15, 0.2) is 17.3 Å². The standard InChI is InChI=1S/C22H15Cl2N3O2.ClH/c23-13-5-7-15(17(24)11-13)21-26-18-4-2-1-3-16(18)22(27-21)25-14-6-8-19-20(12-14)29-10-9-28-19;/h1-8,11-12H,9-10H2,(H,25,26,27);1H. The largest absolute Gasteiger partial charge is 0.486 e. The number of ether oxygens (including phenoxy) is 2. The first-order valence-electron chi connectivity index (χ1n) is 9.06. The molecule has 0 aliphatic carbocycles. The molecule has 152 valence electrons. The minimum atomic E-state index is 0. The quantitative estimate of drug-likeness (QED) is 0.376. The molecule has 2 heterocycles. The number of nitrogens with zero attached hydrogens (tertiary/aromatic N) is 2. The van der Waals surface area contributed by atoms with Gasteiger partial charge in [0.25, 0.3) is 0 Å². The molecule has 1 N–H and O–H groups in total. The predicted octanol–water partition coefficient (Wildman–Crippen LogP) is 6.54. The van der Waals surface area contributed by atoms with E-state index in [-0.39, 0.29) is 12.4 Å². The van der Waals surface area contributed by atoms with E-state index in [1.165, 1.54) is 0 Å². The van der Waals surface area contributed by atoms with Crippen molar-refractivity contribution in [3.63, 3.8) is 0 Å². The molecule has 0 atom stereocenters. The van der Waals surface area contributed by atoms with Crippen LogP contribution in [0.3, 0.4) is 0 Å². The molecular weight excluding hydrogens is 445 g/mol. The van der Waals surface area contributed by atoms with Crippen LogP contribution < -0.4 is 14.8 Å². The minimum Gasteiger partial charge on any atom is -0.486 e. The first kappa shape index (κ1) is 20.5. The molecule has 30 heavy (non-hydrogen) atoms. The van der Waals surface area contributed by atoms with Gasteiger partial charge >= 0.3 is 0 Å². The monoisotopic (exact) mass is 459 g/mol. The number of hydrogen-bond donors (Lipinski definition) is 1. The van der Waals surface area contributed by atoms with Gasteiger partial charge in [0.2, 0.25) is 0 Å². The second kappa shape index (κ2) is 8.56. The van der Waals surface area contributed by atoms with Crippen LogP contribution in [-0.2, 0) is 0 Å². The predicted molar refractivity (Wildman–Crippen MR) is 123 cm³/mol. The zero-order valence-corrected chi connectivity index (χ0v) is 17.9. The Bertz CT molecular complexity index is 1230. The van der Waals surface area contributed by atoms with Crippen molar-refractivity contribution in [3.05, 3.63) is 70.7 Å². The van der Waals surface area contributed by atoms with Gasteiger partial charge in [0.05, 0.1) is 10.5 Å². The Hall–Kier alpha value is -2.73. The van der Waals surface area contributed by atoms with Crippen molar-refractivity contribution in [2.24, 2.45) is 0 Å². The normalized spacial score (nSPS) is 12.3. The van der Waals surface area contributed by atoms with Crippen LogP contribution in [0.25, 0.3) is 22.3 Å². The molecule has 5 nitrogen and oxygen atoms in total. The van der Waals surface area contributed by atoms with Crippen LogP contribution in [0.1, 0.15) is 0 Å². The van der Waals surface area contributed by atoms with E-state index in [4.69, 9.17) is 37.7 Å². The summed E-state index contributed by atoms with van der Waals surface area (Å²) in [5.41, 5.74) is 2.36. The molecule has 0 unspecified atom stereocenters. The van der Waals surface area contributed by atoms with Crippen molar-refractivity contribution in [2.45, 2.75) is 0 Å². The molecule has 4 aromatic rings. The van der Waals surface area contributed by atoms with Gasteiger partial charge in [-0.25, -0.2) is 9.97 Å². The van der Waals surface area contributed by atoms with Crippen LogP contribution in [0.2, 0.25) is 10.0 Å². The third kappa shape index (κ3) is 3.97. The van der Waals surface area contributed by atoms with E-state index in [1.807, 2.05) is 48.5 Å². The maximum atomic E-state index is 6.39. The zero-order valence-electron chi connectivity index (χ0n) is 15.6. The van der Waals surface area contributed by atoms with E-state index in [0.717, 1.165) is 22.3 Å². The summed E-state index contributed by atoms with van der Waals surface area (Å²) in [4.78, 5) is 9.43. The van der Waals surface area contributed by atoms with E-state index in [1.54, 1.807) is 12.1 Å². The SMILES string of the molecule is Cl.Clc1ccc(-c2nc(Nc3ccc4c(c3)OCCO4)c3ccccc3n2)c(Cl)c1. The van der Waals surface area contributed by atoms with Crippen molar-refractivity contribution in [1.82, 2.24) is 9.97 Å². The number of anilines is 2. The highest BCUT2D eigenvalue weighted by Gasteiger charge is 2.15. The third-order valence-electron chi connectivity index (χ3n) is 4.58. The van der Waals surface area contributed by atoms with Crippen LogP contribution in [0, 0.1) is 0 Å². The average Bonchev–Trinajstić information content (AvgIpc) is 2.73. The van der Waals surface area contributed by atoms with Gasteiger partial charge in [-0.2, -0.15) is 0 Å². The smallest absolute Gasteiger partial charge is 0.163 e. The lowest BCUT2D eigenvalue weighted by Gasteiger charge is -2.19. The van der Waals surface area contributed by atoms with Gasteiger partial charge in [-0.3, -0.25) is 0 Å². The Morgan fingerprint density at radius 1 is 0.833 bits per heavy atom. The Labute approximate surface area is 189 Å². The second-order valence-electron chi connectivity index (χ2n) is 6.52. The summed E-state index contributed by atoms with van der Waals surface area (Å²) < 4.78 is 11.3. The summed E-state index contributed by atoms with van der Waals surface area (Å²) >= 11 is 12.4. The van der Waals surface area contributed by atoms with Gasteiger partial charge < -0.3 is 14.8 Å². The fourth-order valence-corrected chi connectivity index (χ4v) is 3.71. The fourth-order valence-electron chi connectivity index (χ4n) is 3.22. The Kier molecular flexibility index (Phi) is 5.86. The van der Waals surface area contributed by atoms with Crippen LogP contribution in [0.4, 0.5) is 11.5 Å². The number of rotatable bonds is 3. The number of nitrogens with one attached hydrogen (secondary N) is 1. The number of para-hydroxylation sites is 1. The summed E-state index contributed by atoms with van der Waals surface area (Å²) in [7, 11) is 0. The van der Waals surface area contributed by atoms with Crippen molar-refractivity contribution in [1.29, 1.82) is 0 Å². The lowest BCUT2D eigenvalue weighted by Crippen LogP contribution is -2.15. The molecule has 5 rings (SSSR count). The molecule has 3 aromatic carbocycles. The molecule has 1 aliphatic heterocycles. The molecular formula is C22H16Cl3N3O2. The Balaban J connectivity index is 0.00000218. The molecule has 0 saturated heterocycles. The maximum Gasteiger partial charge on any atom is 0.163 e. The van der Waals surface area contributed by atoms with Gasteiger partial charge in [0, 0.05) is 27.7 Å². The van der Waals surface area contributed by atoms with E-state index < -0.39 is 0 Å². The topological polar surface area (TPSA) is 56.3 Å². The molecule has 0 radical (unpaired) electrons. The highest BCUT2D eigenvalue weighted by atomic mass is 35.5. The van der Waals surface area contributed by atoms with E-state index >= 15 is 0 Å². The molecule has 0 spiro atoms. The first-order chi connectivity index (χ1) is 14.2. The van der Waals surface area contributed by atoms with Crippen LogP contribution in [0.15, 0.2) is 60.7 Å². The van der Waals surface area contributed by atoms with Crippen LogP contribution >= 0.6 is 35.6 Å². The van der Waals surface area contributed by atoms with E-state index in [9.17, 15) is 0 Å². The van der Waals surface area contributed by atoms with Gasteiger partial charge in [-0.1, -0.05) is 35.3 Å². The second-order valence-corrected chi connectivity index (χ2v) is 7.36. The Morgan fingerprint density at radius 3 is 2.47 bits per heavy atom. The van der Waals surface area contributed by atoms with E-state index in [0.29, 0.717) is 46.2 Å². The fraction of sp³-hybridized carbons (Fsp3) is 0.0909. The van der Waals surface area contributed by atoms with Crippen LogP contribution in [-0.4, -0.2) is 23.2 Å². The molecule has 1 aliphatic rings. The molecule has 0 fully saturated rings. The molecule has 1 aromatic heterocycles. The number of halogens is 3. The lowest BCUT2D eigenvalue weighted by atomic mass is 10.1. The molecule has 0 amide bonds. The Morgan fingerprint density at radius 2 is 1.63 bits per heavy atom. The number of fused-ring (bicyclic) bond motifs is 2. The highest BCUT2D eigenvalue weighted by Crippen LogP contribution is 2.35. The highest BCUT2D eigenvalue weighted by molar-refractivity contribution is 6.36. The first-order valence-corrected chi connectivity index (χ1v) is 9.82. The lowest BCUT2D eigenvalue weighted by molar-refractivity contribution is 0.171. The number of hydrogen-bond acceptors (Lipinski definition) is 5. The van der Waals surface area contributed by atoms with Crippen molar-refractivity contribution < 1.29 is 9.47 Å². The van der Waals surface area contributed by atoms with E-state index in [2.05, 4.69) is 10.3 Å². The summed E-state index contributed by atoms with van der Waals surface area (Å²) in [6, 6.07) is 18.8.